The first-order chi connectivity index (χ1) is 14.6. The number of carbonyl (C=O) groups is 3. The highest BCUT2D eigenvalue weighted by Gasteiger charge is 2.36. The van der Waals surface area contributed by atoms with E-state index in [2.05, 4.69) is 12.2 Å². The molecule has 30 heavy (non-hydrogen) atoms. The van der Waals surface area contributed by atoms with E-state index in [9.17, 15) is 14.4 Å². The summed E-state index contributed by atoms with van der Waals surface area (Å²) in [5.41, 5.74) is 2.00. The molecule has 2 N–H and O–H groups in total. The Balaban J connectivity index is 1.43. The summed E-state index contributed by atoms with van der Waals surface area (Å²) in [7, 11) is 0. The van der Waals surface area contributed by atoms with Crippen molar-refractivity contribution in [2.45, 2.75) is 38.8 Å². The van der Waals surface area contributed by atoms with Gasteiger partial charge in [0, 0.05) is 24.4 Å². The number of carbonyl (C=O) groups excluding carboxylic acids is 3. The van der Waals surface area contributed by atoms with Crippen molar-refractivity contribution < 1.29 is 19.3 Å². The number of hydrogen-bond donors (Lipinski definition) is 2. The highest BCUT2D eigenvalue weighted by molar-refractivity contribution is 6.22. The number of hydrogen-bond acceptors (Lipinski definition) is 3. The van der Waals surface area contributed by atoms with Gasteiger partial charge in [-0.25, -0.2) is 0 Å². The summed E-state index contributed by atoms with van der Waals surface area (Å²) in [6, 6.07) is 14.4. The lowest BCUT2D eigenvalue weighted by Crippen LogP contribution is -3.13. The third-order valence-corrected chi connectivity index (χ3v) is 6.05. The molecule has 156 valence electrons. The number of imide groups is 1. The fourth-order valence-corrected chi connectivity index (χ4v) is 4.38. The maximum Gasteiger partial charge on any atom is 0.261 e. The number of piperidine rings is 1. The summed E-state index contributed by atoms with van der Waals surface area (Å²) in [5.74, 6) is -0.828. The second kappa shape index (κ2) is 8.79. The molecule has 0 aliphatic carbocycles. The van der Waals surface area contributed by atoms with Gasteiger partial charge in [-0.05, 0) is 30.2 Å². The molecule has 1 fully saturated rings. The van der Waals surface area contributed by atoms with E-state index < -0.39 is 0 Å². The molecular formula is C24H28N3O3+. The lowest BCUT2D eigenvalue weighted by atomic mass is 10.0. The van der Waals surface area contributed by atoms with E-state index in [0.29, 0.717) is 16.7 Å². The predicted molar refractivity (Wildman–Crippen MR) is 113 cm³/mol. The Morgan fingerprint density at radius 1 is 1.03 bits per heavy atom. The normalized spacial score (nSPS) is 20.9. The van der Waals surface area contributed by atoms with Crippen LogP contribution in [-0.4, -0.2) is 48.3 Å². The molecule has 2 aromatic rings. The number of nitrogens with one attached hydrogen (secondary N) is 2. The smallest absolute Gasteiger partial charge is 0.261 e. The van der Waals surface area contributed by atoms with E-state index >= 15 is 0 Å². The molecule has 0 atom stereocenters. The van der Waals surface area contributed by atoms with Crippen LogP contribution < -0.4 is 10.2 Å². The van der Waals surface area contributed by atoms with Crippen LogP contribution in [0.15, 0.2) is 48.5 Å². The molecule has 2 heterocycles. The topological polar surface area (TPSA) is 70.9 Å². The summed E-state index contributed by atoms with van der Waals surface area (Å²) in [6.07, 6.45) is 3.11. The van der Waals surface area contributed by atoms with Crippen molar-refractivity contribution in [3.63, 3.8) is 0 Å². The summed E-state index contributed by atoms with van der Waals surface area (Å²) < 4.78 is 0. The first kappa shape index (κ1) is 20.3. The van der Waals surface area contributed by atoms with Crippen molar-refractivity contribution in [1.82, 2.24) is 10.2 Å². The first-order valence-corrected chi connectivity index (χ1v) is 10.8. The van der Waals surface area contributed by atoms with Crippen LogP contribution in [0.1, 0.15) is 62.8 Å². The lowest BCUT2D eigenvalue weighted by Gasteiger charge is -2.29. The van der Waals surface area contributed by atoms with Crippen LogP contribution >= 0.6 is 0 Å². The van der Waals surface area contributed by atoms with Gasteiger partial charge in [0.2, 0.25) is 0 Å². The average Bonchev–Trinajstić information content (AvgIpc) is 3.00. The predicted octanol–water partition coefficient (Wildman–Crippen LogP) is 1.67. The molecule has 0 aromatic heterocycles. The molecular weight excluding hydrogens is 378 g/mol. The second-order valence-corrected chi connectivity index (χ2v) is 8.19. The molecule has 2 aliphatic heterocycles. The standard InChI is InChI=1S/C24H27N3O3/c1-2-12-26-13-10-19(11-14-26)25-22(28)18-8-9-20-21(15-18)24(30)27(23(20)29)16-17-6-4-3-5-7-17/h3-9,15,19H,2,10-14,16H2,1H3,(H,25,28)/p+1. The molecule has 6 nitrogen and oxygen atoms in total. The van der Waals surface area contributed by atoms with Gasteiger partial charge in [-0.3, -0.25) is 19.3 Å². The number of amides is 3. The molecule has 0 unspecified atom stereocenters. The molecule has 2 aliphatic rings. The zero-order chi connectivity index (χ0) is 21.1. The Morgan fingerprint density at radius 2 is 1.73 bits per heavy atom. The number of quaternary nitrogens is 1. The van der Waals surface area contributed by atoms with E-state index in [4.69, 9.17) is 0 Å². The van der Waals surface area contributed by atoms with Crippen LogP contribution in [-0.2, 0) is 6.54 Å². The third kappa shape index (κ3) is 4.14. The maximum atomic E-state index is 12.8. The van der Waals surface area contributed by atoms with Gasteiger partial charge in [-0.15, -0.1) is 0 Å². The van der Waals surface area contributed by atoms with Crippen molar-refractivity contribution >= 4 is 17.7 Å². The molecule has 0 bridgehead atoms. The SMILES string of the molecule is CCC[NH+]1CCC(NC(=O)c2ccc3c(c2)C(=O)N(Cc2ccccc2)C3=O)CC1. The largest absolute Gasteiger partial charge is 0.349 e. The number of benzene rings is 2. The monoisotopic (exact) mass is 406 g/mol. The Kier molecular flexibility index (Phi) is 5.95. The first-order valence-electron chi connectivity index (χ1n) is 10.8. The summed E-state index contributed by atoms with van der Waals surface area (Å²) in [4.78, 5) is 41.1. The minimum absolute atomic E-state index is 0.165. The van der Waals surface area contributed by atoms with Crippen LogP contribution in [0, 0.1) is 0 Å². The molecule has 0 spiro atoms. The highest BCUT2D eigenvalue weighted by Crippen LogP contribution is 2.25. The summed E-state index contributed by atoms with van der Waals surface area (Å²) in [6.45, 7) is 5.76. The van der Waals surface area contributed by atoms with E-state index in [1.165, 1.54) is 17.9 Å². The fraction of sp³-hybridized carbons (Fsp3) is 0.375. The van der Waals surface area contributed by atoms with Crippen molar-refractivity contribution in [3.05, 3.63) is 70.8 Å². The number of fused-ring (bicyclic) bond motifs is 1. The quantitative estimate of drug-likeness (QED) is 0.717. The van der Waals surface area contributed by atoms with E-state index in [-0.39, 0.29) is 30.3 Å². The van der Waals surface area contributed by atoms with Crippen molar-refractivity contribution in [3.8, 4) is 0 Å². The molecule has 6 heteroatoms. The zero-order valence-electron chi connectivity index (χ0n) is 17.3. The van der Waals surface area contributed by atoms with Gasteiger partial charge < -0.3 is 10.2 Å². The molecule has 0 saturated carbocycles. The van der Waals surface area contributed by atoms with Crippen molar-refractivity contribution in [2.24, 2.45) is 0 Å². The van der Waals surface area contributed by atoms with Gasteiger partial charge >= 0.3 is 0 Å². The number of likely N-dealkylation sites (tertiary alicyclic amines) is 1. The van der Waals surface area contributed by atoms with Crippen LogP contribution in [0.5, 0.6) is 0 Å². The average molecular weight is 407 g/mol. The number of nitrogens with zero attached hydrogens (tertiary/aromatic N) is 1. The third-order valence-electron chi connectivity index (χ3n) is 6.05. The molecule has 0 radical (unpaired) electrons. The van der Waals surface area contributed by atoms with E-state index in [1.807, 2.05) is 30.3 Å². The van der Waals surface area contributed by atoms with Crippen LogP contribution in [0.25, 0.3) is 0 Å². The Labute approximate surface area is 176 Å². The summed E-state index contributed by atoms with van der Waals surface area (Å²) >= 11 is 0. The minimum atomic E-state index is -0.343. The molecule has 2 aromatic carbocycles. The molecule has 4 rings (SSSR count). The molecule has 3 amide bonds. The number of rotatable bonds is 6. The zero-order valence-corrected chi connectivity index (χ0v) is 17.3. The van der Waals surface area contributed by atoms with E-state index in [0.717, 1.165) is 31.5 Å². The van der Waals surface area contributed by atoms with E-state index in [1.54, 1.807) is 23.1 Å². The van der Waals surface area contributed by atoms with Gasteiger partial charge in [-0.1, -0.05) is 37.3 Å². The maximum absolute atomic E-state index is 12.8. The van der Waals surface area contributed by atoms with Crippen LogP contribution in [0.4, 0.5) is 0 Å². The van der Waals surface area contributed by atoms with Crippen LogP contribution in [0.3, 0.4) is 0 Å². The molecule has 1 saturated heterocycles. The van der Waals surface area contributed by atoms with Gasteiger partial charge in [0.25, 0.3) is 17.7 Å². The van der Waals surface area contributed by atoms with Crippen molar-refractivity contribution in [1.29, 1.82) is 0 Å². The van der Waals surface area contributed by atoms with Gasteiger partial charge in [-0.2, -0.15) is 0 Å². The fourth-order valence-electron chi connectivity index (χ4n) is 4.38. The Hall–Kier alpha value is -2.99. The summed E-state index contributed by atoms with van der Waals surface area (Å²) in [5, 5.41) is 3.10. The lowest BCUT2D eigenvalue weighted by molar-refractivity contribution is -0.905. The van der Waals surface area contributed by atoms with Crippen LogP contribution in [0.2, 0.25) is 0 Å². The Morgan fingerprint density at radius 3 is 2.43 bits per heavy atom. The second-order valence-electron chi connectivity index (χ2n) is 8.19. The van der Waals surface area contributed by atoms with Gasteiger partial charge in [0.1, 0.15) is 0 Å². The van der Waals surface area contributed by atoms with Gasteiger partial charge in [0.15, 0.2) is 0 Å². The van der Waals surface area contributed by atoms with Gasteiger partial charge in [0.05, 0.1) is 37.3 Å². The Bertz CT molecular complexity index is 949. The van der Waals surface area contributed by atoms with Crippen molar-refractivity contribution in [2.75, 3.05) is 19.6 Å². The minimum Gasteiger partial charge on any atom is -0.349 e. The highest BCUT2D eigenvalue weighted by atomic mass is 16.2.